The molecule has 0 bridgehead atoms. The van der Waals surface area contributed by atoms with Crippen molar-refractivity contribution in [1.82, 2.24) is 5.32 Å². The van der Waals surface area contributed by atoms with Gasteiger partial charge in [0.15, 0.2) is 0 Å². The van der Waals surface area contributed by atoms with Crippen molar-refractivity contribution in [3.05, 3.63) is 60.8 Å². The van der Waals surface area contributed by atoms with Crippen molar-refractivity contribution in [2.75, 3.05) is 26.4 Å². The number of hydrogen-bond donors (Lipinski definition) is 3. The molecule has 0 heterocycles. The molecule has 0 saturated heterocycles. The van der Waals surface area contributed by atoms with E-state index in [0.29, 0.717) is 12.8 Å². The molecule has 2 atom stereocenters. The van der Waals surface area contributed by atoms with Gasteiger partial charge in [-0.1, -0.05) is 216 Å². The van der Waals surface area contributed by atoms with Crippen LogP contribution >= 0.6 is 7.82 Å². The van der Waals surface area contributed by atoms with Gasteiger partial charge in [-0.25, -0.2) is 4.57 Å². The molecule has 0 aromatic carbocycles. The van der Waals surface area contributed by atoms with Gasteiger partial charge in [-0.05, 0) is 51.4 Å². The van der Waals surface area contributed by atoms with Gasteiger partial charge in [0.25, 0.3) is 0 Å². The van der Waals surface area contributed by atoms with Crippen LogP contribution in [-0.2, 0) is 27.9 Å². The molecule has 0 rings (SSSR count). The minimum atomic E-state index is -4.43. The SMILES string of the molecule is CC/C=C\C/C=C\C/C=C\C/C=C\C/C=C\CCCC(=O)OCC(O)COP(=O)(O)OCCNC(=O)CCCCCCCCCCCCCCCCCCCCCCCCC. The first kappa shape index (κ1) is 58.7. The van der Waals surface area contributed by atoms with Gasteiger partial charge >= 0.3 is 13.8 Å². The van der Waals surface area contributed by atoms with Crippen LogP contribution in [0.25, 0.3) is 0 Å². The first-order valence-corrected chi connectivity index (χ1v) is 26.3. The number of hydrogen-bond acceptors (Lipinski definition) is 7. The molecule has 10 heteroatoms. The van der Waals surface area contributed by atoms with Crippen molar-refractivity contribution in [2.45, 2.75) is 225 Å². The van der Waals surface area contributed by atoms with Crippen molar-refractivity contribution in [3.63, 3.8) is 0 Å². The van der Waals surface area contributed by atoms with Crippen LogP contribution in [0.3, 0.4) is 0 Å². The van der Waals surface area contributed by atoms with E-state index in [2.05, 4.69) is 73.8 Å². The maximum atomic E-state index is 12.1. The first-order valence-electron chi connectivity index (χ1n) is 24.8. The van der Waals surface area contributed by atoms with E-state index in [9.17, 15) is 24.2 Å². The van der Waals surface area contributed by atoms with Crippen LogP contribution in [0.1, 0.15) is 219 Å². The molecule has 1 amide bonds. The molecule has 0 aromatic heterocycles. The molecule has 354 valence electrons. The number of carbonyl (C=O) groups is 2. The fraction of sp³-hybridized carbons (Fsp3) is 0.765. The van der Waals surface area contributed by atoms with Crippen LogP contribution < -0.4 is 5.32 Å². The summed E-state index contributed by atoms with van der Waals surface area (Å²) >= 11 is 0. The summed E-state index contributed by atoms with van der Waals surface area (Å²) in [7, 11) is -4.43. The normalized spacial score (nSPS) is 13.7. The van der Waals surface area contributed by atoms with Gasteiger partial charge in [0.1, 0.15) is 12.7 Å². The Morgan fingerprint density at radius 3 is 1.38 bits per heavy atom. The van der Waals surface area contributed by atoms with Crippen molar-refractivity contribution < 1.29 is 37.9 Å². The van der Waals surface area contributed by atoms with Gasteiger partial charge in [-0.15, -0.1) is 0 Å². The zero-order chi connectivity index (χ0) is 44.6. The van der Waals surface area contributed by atoms with Gasteiger partial charge < -0.3 is 20.1 Å². The summed E-state index contributed by atoms with van der Waals surface area (Å²) in [4.78, 5) is 34.0. The molecular formula is C51H92NO8P. The summed E-state index contributed by atoms with van der Waals surface area (Å²) in [6.07, 6.45) is 57.5. The fourth-order valence-electron chi connectivity index (χ4n) is 6.77. The number of unbranched alkanes of at least 4 members (excludes halogenated alkanes) is 23. The van der Waals surface area contributed by atoms with Gasteiger partial charge in [0, 0.05) is 19.4 Å². The first-order chi connectivity index (χ1) is 29.8. The molecule has 2 unspecified atom stereocenters. The Bertz CT molecular complexity index is 1180. The van der Waals surface area contributed by atoms with E-state index in [0.717, 1.165) is 57.8 Å². The summed E-state index contributed by atoms with van der Waals surface area (Å²) in [6, 6.07) is 0. The molecule has 0 fully saturated rings. The molecule has 0 aliphatic rings. The molecular weight excluding hydrogens is 786 g/mol. The number of carbonyl (C=O) groups excluding carboxylic acids is 2. The second kappa shape index (κ2) is 47.2. The quantitative estimate of drug-likeness (QED) is 0.0238. The highest BCUT2D eigenvalue weighted by Gasteiger charge is 2.23. The highest BCUT2D eigenvalue weighted by Crippen LogP contribution is 2.42. The summed E-state index contributed by atoms with van der Waals surface area (Å²) in [6.45, 7) is 3.40. The van der Waals surface area contributed by atoms with Gasteiger partial charge in [-0.2, -0.15) is 0 Å². The fourth-order valence-corrected chi connectivity index (χ4v) is 7.53. The van der Waals surface area contributed by atoms with Crippen molar-refractivity contribution in [3.8, 4) is 0 Å². The second-order valence-electron chi connectivity index (χ2n) is 16.4. The van der Waals surface area contributed by atoms with Crippen molar-refractivity contribution in [1.29, 1.82) is 0 Å². The number of phosphoric acid groups is 1. The maximum absolute atomic E-state index is 12.1. The summed E-state index contributed by atoms with van der Waals surface area (Å²) in [5.41, 5.74) is 0. The third-order valence-corrected chi connectivity index (χ3v) is 11.4. The van der Waals surface area contributed by atoms with E-state index in [1.807, 2.05) is 6.08 Å². The third-order valence-electron chi connectivity index (χ3n) is 10.5. The standard InChI is InChI=1S/C51H92NO8P/c1-3-5-7-9-11-13-15-17-19-21-22-23-24-25-26-28-29-31-33-35-37-39-41-43-50(54)52-45-46-59-61(56,57)60-48-49(53)47-58-51(55)44-42-40-38-36-34-32-30-27-20-18-16-14-12-10-8-6-4-2/h6,8,12,14,18,20,30,32,36,38,49,53H,3-5,7,9-11,13,15-17,19,21-29,31,33-35,37,39-48H2,1-2H3,(H,52,54)(H,56,57)/b8-6-,14-12-,20-18-,32-30-,38-36-. The number of ether oxygens (including phenoxy) is 1. The van der Waals surface area contributed by atoms with Crippen LogP contribution in [0, 0.1) is 0 Å². The molecule has 9 nitrogen and oxygen atoms in total. The topological polar surface area (TPSA) is 131 Å². The number of aliphatic hydroxyl groups is 1. The van der Waals surface area contributed by atoms with Crippen molar-refractivity contribution in [2.24, 2.45) is 0 Å². The summed E-state index contributed by atoms with van der Waals surface area (Å²) in [5.74, 6) is -0.572. The van der Waals surface area contributed by atoms with E-state index in [-0.39, 0.29) is 32.1 Å². The second-order valence-corrected chi connectivity index (χ2v) is 17.9. The Hall–Kier alpha value is -2.29. The molecule has 0 aromatic rings. The Balaban J connectivity index is 3.59. The Morgan fingerprint density at radius 2 is 0.934 bits per heavy atom. The van der Waals surface area contributed by atoms with Gasteiger partial charge in [0.2, 0.25) is 5.91 Å². The molecule has 0 radical (unpaired) electrons. The number of allylic oxidation sites excluding steroid dienone is 10. The zero-order valence-electron chi connectivity index (χ0n) is 39.1. The lowest BCUT2D eigenvalue weighted by Crippen LogP contribution is -2.27. The number of esters is 1. The largest absolute Gasteiger partial charge is 0.472 e. The minimum absolute atomic E-state index is 0.0753. The molecule has 0 aliphatic heterocycles. The number of rotatable bonds is 46. The highest BCUT2D eigenvalue weighted by atomic mass is 31.2. The van der Waals surface area contributed by atoms with Crippen LogP contribution in [-0.4, -0.2) is 54.3 Å². The van der Waals surface area contributed by atoms with Crippen molar-refractivity contribution >= 4 is 19.7 Å². The van der Waals surface area contributed by atoms with Crippen LogP contribution in [0.2, 0.25) is 0 Å². The molecule has 61 heavy (non-hydrogen) atoms. The summed E-state index contributed by atoms with van der Waals surface area (Å²) in [5, 5.41) is 12.7. The predicted molar refractivity (Wildman–Crippen MR) is 256 cm³/mol. The Labute approximate surface area is 374 Å². The molecule has 3 N–H and O–H groups in total. The molecule has 0 spiro atoms. The number of nitrogens with one attached hydrogen (secondary N) is 1. The average Bonchev–Trinajstić information content (AvgIpc) is 3.25. The Morgan fingerprint density at radius 1 is 0.525 bits per heavy atom. The smallest absolute Gasteiger partial charge is 0.463 e. The van der Waals surface area contributed by atoms with Crippen LogP contribution in [0.4, 0.5) is 0 Å². The minimum Gasteiger partial charge on any atom is -0.463 e. The van der Waals surface area contributed by atoms with E-state index >= 15 is 0 Å². The van der Waals surface area contributed by atoms with E-state index in [1.54, 1.807) is 0 Å². The van der Waals surface area contributed by atoms with Gasteiger partial charge in [0.05, 0.1) is 13.2 Å². The monoisotopic (exact) mass is 878 g/mol. The third kappa shape index (κ3) is 48.6. The van der Waals surface area contributed by atoms with Crippen LogP contribution in [0.15, 0.2) is 60.8 Å². The predicted octanol–water partition coefficient (Wildman–Crippen LogP) is 14.4. The Kier molecular flexibility index (Phi) is 45.4. The van der Waals surface area contributed by atoms with E-state index < -0.39 is 26.5 Å². The lowest BCUT2D eigenvalue weighted by molar-refractivity contribution is -0.147. The van der Waals surface area contributed by atoms with Gasteiger partial charge in [-0.3, -0.25) is 18.6 Å². The highest BCUT2D eigenvalue weighted by molar-refractivity contribution is 7.47. The number of amides is 1. The number of phosphoric ester groups is 1. The van der Waals surface area contributed by atoms with E-state index in [4.69, 9.17) is 13.8 Å². The average molecular weight is 878 g/mol. The summed E-state index contributed by atoms with van der Waals surface area (Å²) < 4.78 is 26.9. The lowest BCUT2D eigenvalue weighted by atomic mass is 10.0. The van der Waals surface area contributed by atoms with Crippen LogP contribution in [0.5, 0.6) is 0 Å². The lowest BCUT2D eigenvalue weighted by Gasteiger charge is -2.15. The molecule has 0 aliphatic carbocycles. The van der Waals surface area contributed by atoms with E-state index in [1.165, 1.54) is 128 Å². The zero-order valence-corrected chi connectivity index (χ0v) is 40.0. The number of aliphatic hydroxyl groups excluding tert-OH is 1. The maximum Gasteiger partial charge on any atom is 0.472 e. The molecule has 0 saturated carbocycles.